The third-order valence-corrected chi connectivity index (χ3v) is 5.96. The molecule has 0 aromatic rings. The van der Waals surface area contributed by atoms with Crippen LogP contribution in [0, 0.1) is 0 Å². The smallest absolute Gasteiger partial charge is 0.150 e. The Balaban J connectivity index is 0.000000244. The van der Waals surface area contributed by atoms with Gasteiger partial charge < -0.3 is 4.79 Å². The molecule has 5 nitrogen and oxygen atoms in total. The zero-order valence-electron chi connectivity index (χ0n) is 9.22. The molecule has 0 bridgehead atoms. The topological polar surface area (TPSA) is 85.3 Å². The molecular formula is C9H18O5S2. The van der Waals surface area contributed by atoms with Gasteiger partial charge in [0.1, 0.15) is 26.5 Å². The zero-order chi connectivity index (χ0) is 12.7. The van der Waals surface area contributed by atoms with Crippen molar-refractivity contribution in [2.45, 2.75) is 25.7 Å². The first-order valence-electron chi connectivity index (χ1n) is 5.11. The van der Waals surface area contributed by atoms with Crippen LogP contribution in [-0.2, 0) is 24.5 Å². The molecule has 7 heteroatoms. The lowest BCUT2D eigenvalue weighted by Gasteiger charge is -1.81. The van der Waals surface area contributed by atoms with Crippen LogP contribution in [-0.4, -0.2) is 46.6 Å². The van der Waals surface area contributed by atoms with Gasteiger partial charge in [0.25, 0.3) is 0 Å². The number of hydrogen-bond acceptors (Lipinski definition) is 5. The molecule has 2 rings (SSSR count). The fourth-order valence-corrected chi connectivity index (χ4v) is 4.48. The van der Waals surface area contributed by atoms with Crippen LogP contribution in [0.1, 0.15) is 25.7 Å². The molecule has 16 heavy (non-hydrogen) atoms. The normalized spacial score (nSPS) is 24.8. The molecule has 0 aliphatic carbocycles. The van der Waals surface area contributed by atoms with Gasteiger partial charge >= 0.3 is 0 Å². The molecule has 2 saturated heterocycles. The molecular weight excluding hydrogens is 252 g/mol. The summed E-state index contributed by atoms with van der Waals surface area (Å²) in [4.78, 5) is 8.00. The summed E-state index contributed by atoms with van der Waals surface area (Å²) in [5, 5.41) is 0. The lowest BCUT2D eigenvalue weighted by molar-refractivity contribution is -0.0979. The first-order valence-corrected chi connectivity index (χ1v) is 8.75. The van der Waals surface area contributed by atoms with Crippen LogP contribution < -0.4 is 0 Å². The van der Waals surface area contributed by atoms with Crippen LogP contribution in [0.4, 0.5) is 0 Å². The largest absolute Gasteiger partial charge is 0.307 e. The second-order valence-corrected chi connectivity index (χ2v) is 8.33. The van der Waals surface area contributed by atoms with Gasteiger partial charge in [-0.05, 0) is 25.7 Å². The van der Waals surface area contributed by atoms with Crippen molar-refractivity contribution in [2.75, 3.05) is 23.0 Å². The lowest BCUT2D eigenvalue weighted by Crippen LogP contribution is -1.98. The summed E-state index contributed by atoms with van der Waals surface area (Å²) in [6, 6.07) is 0. The van der Waals surface area contributed by atoms with E-state index in [0.717, 1.165) is 25.7 Å². The van der Waals surface area contributed by atoms with E-state index >= 15 is 0 Å². The summed E-state index contributed by atoms with van der Waals surface area (Å²) in [6.07, 6.45) is 3.51. The van der Waals surface area contributed by atoms with E-state index in [4.69, 9.17) is 4.79 Å². The second kappa shape index (κ2) is 7.01. The van der Waals surface area contributed by atoms with Gasteiger partial charge in [-0.2, -0.15) is 0 Å². The van der Waals surface area contributed by atoms with E-state index in [1.807, 2.05) is 6.79 Å². The quantitative estimate of drug-likeness (QED) is 0.628. The summed E-state index contributed by atoms with van der Waals surface area (Å²) in [6.45, 7) is 2.00. The van der Waals surface area contributed by atoms with Crippen molar-refractivity contribution in [3.05, 3.63) is 0 Å². The molecule has 0 saturated carbocycles. The molecule has 2 heterocycles. The Bertz CT molecular complexity index is 320. The third-order valence-electron chi connectivity index (χ3n) is 2.32. The maximum Gasteiger partial charge on any atom is 0.150 e. The summed E-state index contributed by atoms with van der Waals surface area (Å²) in [7, 11) is -5.09. The maximum atomic E-state index is 10.4. The first-order chi connectivity index (χ1) is 7.41. The number of carbonyl (C=O) groups excluding carboxylic acids is 1. The molecule has 0 unspecified atom stereocenters. The molecule has 0 N–H and O–H groups in total. The van der Waals surface area contributed by atoms with Crippen molar-refractivity contribution < 1.29 is 21.6 Å². The summed E-state index contributed by atoms with van der Waals surface area (Å²) in [5.74, 6) is 1.69. The molecule has 96 valence electrons. The lowest BCUT2D eigenvalue weighted by atomic mass is 10.4. The fourth-order valence-electron chi connectivity index (χ4n) is 1.49. The highest BCUT2D eigenvalue weighted by atomic mass is 32.2. The van der Waals surface area contributed by atoms with E-state index < -0.39 is 19.7 Å². The van der Waals surface area contributed by atoms with E-state index in [9.17, 15) is 16.8 Å². The molecule has 2 aliphatic rings. The minimum Gasteiger partial charge on any atom is -0.307 e. The number of rotatable bonds is 0. The standard InChI is InChI=1S/2C4H8O2S.CH2O/c2*5-7(6)3-1-2-4-7;1-2/h2*1-4H2;1H2. The Morgan fingerprint density at radius 1 is 0.562 bits per heavy atom. The van der Waals surface area contributed by atoms with Crippen LogP contribution >= 0.6 is 0 Å². The summed E-state index contributed by atoms with van der Waals surface area (Å²) in [5.41, 5.74) is 0. The Labute approximate surface area is 97.1 Å². The molecule has 0 amide bonds. The van der Waals surface area contributed by atoms with Crippen molar-refractivity contribution >= 4 is 26.5 Å². The molecule has 2 fully saturated rings. The van der Waals surface area contributed by atoms with Crippen molar-refractivity contribution in [1.82, 2.24) is 0 Å². The Morgan fingerprint density at radius 2 is 0.750 bits per heavy atom. The van der Waals surface area contributed by atoms with E-state index in [1.54, 1.807) is 0 Å². The van der Waals surface area contributed by atoms with Crippen molar-refractivity contribution in [3.8, 4) is 0 Å². The van der Waals surface area contributed by atoms with Gasteiger partial charge in [0.05, 0.1) is 23.0 Å². The minimum absolute atomic E-state index is 0.424. The third kappa shape index (κ3) is 6.95. The van der Waals surface area contributed by atoms with Crippen LogP contribution in [0.3, 0.4) is 0 Å². The Kier molecular flexibility index (Phi) is 6.82. The molecule has 0 radical (unpaired) electrons. The Morgan fingerprint density at radius 3 is 0.812 bits per heavy atom. The van der Waals surface area contributed by atoms with Crippen molar-refractivity contribution in [1.29, 1.82) is 0 Å². The molecule has 0 aromatic carbocycles. The summed E-state index contributed by atoms with van der Waals surface area (Å²) < 4.78 is 41.7. The monoisotopic (exact) mass is 270 g/mol. The predicted molar refractivity (Wildman–Crippen MR) is 62.9 cm³/mol. The average Bonchev–Trinajstić information content (AvgIpc) is 2.78. The highest BCUT2D eigenvalue weighted by Gasteiger charge is 2.16. The van der Waals surface area contributed by atoms with Crippen LogP contribution in [0.25, 0.3) is 0 Å². The van der Waals surface area contributed by atoms with E-state index in [0.29, 0.717) is 23.0 Å². The second-order valence-electron chi connectivity index (χ2n) is 3.72. The summed E-state index contributed by atoms with van der Waals surface area (Å²) >= 11 is 0. The fraction of sp³-hybridized carbons (Fsp3) is 0.889. The number of sulfone groups is 2. The SMILES string of the molecule is C=O.O=S1(=O)CCCC1.O=S1(=O)CCCC1. The van der Waals surface area contributed by atoms with Gasteiger partial charge in [-0.25, -0.2) is 16.8 Å². The zero-order valence-corrected chi connectivity index (χ0v) is 10.9. The van der Waals surface area contributed by atoms with Crippen molar-refractivity contribution in [2.24, 2.45) is 0 Å². The highest BCUT2D eigenvalue weighted by Crippen LogP contribution is 2.08. The number of hydrogen-bond donors (Lipinski definition) is 0. The van der Waals surface area contributed by atoms with E-state index in [-0.39, 0.29) is 0 Å². The Hall–Kier alpha value is -0.430. The van der Waals surface area contributed by atoms with Gasteiger partial charge in [-0.15, -0.1) is 0 Å². The van der Waals surface area contributed by atoms with Gasteiger partial charge in [0.15, 0.2) is 0 Å². The molecule has 0 atom stereocenters. The predicted octanol–water partition coefficient (Wildman–Crippen LogP) is 0.205. The molecule has 0 spiro atoms. The minimum atomic E-state index is -2.55. The van der Waals surface area contributed by atoms with Crippen LogP contribution in [0.2, 0.25) is 0 Å². The number of carbonyl (C=O) groups is 1. The highest BCUT2D eigenvalue weighted by molar-refractivity contribution is 7.91. The van der Waals surface area contributed by atoms with Gasteiger partial charge in [-0.1, -0.05) is 0 Å². The van der Waals surface area contributed by atoms with E-state index in [2.05, 4.69) is 0 Å². The average molecular weight is 270 g/mol. The van der Waals surface area contributed by atoms with Gasteiger partial charge in [0.2, 0.25) is 0 Å². The molecule has 2 aliphatic heterocycles. The van der Waals surface area contributed by atoms with Crippen LogP contribution in [0.5, 0.6) is 0 Å². The van der Waals surface area contributed by atoms with Gasteiger partial charge in [0, 0.05) is 0 Å². The van der Waals surface area contributed by atoms with Crippen molar-refractivity contribution in [3.63, 3.8) is 0 Å². The van der Waals surface area contributed by atoms with Crippen LogP contribution in [0.15, 0.2) is 0 Å². The first kappa shape index (κ1) is 15.6. The van der Waals surface area contributed by atoms with E-state index in [1.165, 1.54) is 0 Å². The molecule has 0 aromatic heterocycles. The maximum absolute atomic E-state index is 10.4. The van der Waals surface area contributed by atoms with Gasteiger partial charge in [-0.3, -0.25) is 0 Å².